The van der Waals surface area contributed by atoms with Crippen LogP contribution in [0, 0.1) is 12.7 Å². The van der Waals surface area contributed by atoms with E-state index in [2.05, 4.69) is 34.2 Å². The second-order valence-electron chi connectivity index (χ2n) is 5.80. The molecule has 4 heteroatoms. The van der Waals surface area contributed by atoms with Gasteiger partial charge in [-0.3, -0.25) is 0 Å². The molecule has 3 aromatic carbocycles. The van der Waals surface area contributed by atoms with Crippen molar-refractivity contribution in [2.45, 2.75) is 20.1 Å². The average molecular weight is 400 g/mol. The zero-order valence-electron chi connectivity index (χ0n) is 13.9. The summed E-state index contributed by atoms with van der Waals surface area (Å²) in [5.74, 6) is 0.492. The molecule has 0 spiro atoms. The van der Waals surface area contributed by atoms with Gasteiger partial charge in [0.1, 0.15) is 18.2 Å². The quantitative estimate of drug-likeness (QED) is 0.541. The van der Waals surface area contributed by atoms with E-state index in [-0.39, 0.29) is 12.4 Å². The Balaban J connectivity index is 1.74. The summed E-state index contributed by atoms with van der Waals surface area (Å²) in [6.07, 6.45) is 0. The second-order valence-corrected chi connectivity index (χ2v) is 6.72. The van der Waals surface area contributed by atoms with Gasteiger partial charge in [0, 0.05) is 27.8 Å². The minimum Gasteiger partial charge on any atom is -0.488 e. The van der Waals surface area contributed by atoms with Crippen LogP contribution in [0.5, 0.6) is 5.75 Å². The molecule has 3 rings (SSSR count). The highest BCUT2D eigenvalue weighted by Gasteiger charge is 2.08. The molecule has 0 radical (unpaired) electrons. The number of halogens is 2. The van der Waals surface area contributed by atoms with Crippen LogP contribution in [-0.4, -0.2) is 0 Å². The first-order valence-corrected chi connectivity index (χ1v) is 8.87. The summed E-state index contributed by atoms with van der Waals surface area (Å²) >= 11 is 3.50. The van der Waals surface area contributed by atoms with Crippen LogP contribution in [-0.2, 0) is 13.2 Å². The van der Waals surface area contributed by atoms with Gasteiger partial charge in [-0.05, 0) is 42.8 Å². The van der Waals surface area contributed by atoms with Gasteiger partial charge in [0.2, 0.25) is 0 Å². The van der Waals surface area contributed by atoms with E-state index in [0.717, 1.165) is 21.5 Å². The smallest absolute Gasteiger partial charge is 0.129 e. The van der Waals surface area contributed by atoms with Gasteiger partial charge >= 0.3 is 0 Å². The molecular formula is C21H19BrFNO. The van der Waals surface area contributed by atoms with Gasteiger partial charge in [0.15, 0.2) is 0 Å². The number of hydrogen-bond donors (Lipinski definition) is 1. The van der Waals surface area contributed by atoms with Crippen LogP contribution in [0.4, 0.5) is 10.1 Å². The van der Waals surface area contributed by atoms with E-state index in [9.17, 15) is 4.39 Å². The third-order valence-electron chi connectivity index (χ3n) is 3.98. The summed E-state index contributed by atoms with van der Waals surface area (Å²) in [6, 6.07) is 20.6. The number of nitrogens with one attached hydrogen (secondary N) is 1. The van der Waals surface area contributed by atoms with Crippen molar-refractivity contribution >= 4 is 21.6 Å². The first-order valence-electron chi connectivity index (χ1n) is 8.07. The topological polar surface area (TPSA) is 21.3 Å². The highest BCUT2D eigenvalue weighted by molar-refractivity contribution is 9.10. The number of aryl methyl sites for hydroxylation is 1. The normalized spacial score (nSPS) is 10.5. The van der Waals surface area contributed by atoms with Gasteiger partial charge in [-0.25, -0.2) is 4.39 Å². The van der Waals surface area contributed by atoms with Crippen molar-refractivity contribution in [1.29, 1.82) is 0 Å². The van der Waals surface area contributed by atoms with Crippen molar-refractivity contribution < 1.29 is 9.13 Å². The lowest BCUT2D eigenvalue weighted by Crippen LogP contribution is -2.05. The van der Waals surface area contributed by atoms with E-state index in [1.807, 2.05) is 42.5 Å². The van der Waals surface area contributed by atoms with Crippen molar-refractivity contribution in [1.82, 2.24) is 0 Å². The standard InChI is InChI=1S/C21H19BrFNO/c1-15-6-2-5-9-20(15)24-13-17-12-18(22)10-11-21(17)25-14-16-7-3-4-8-19(16)23/h2-12,24H,13-14H2,1H3. The summed E-state index contributed by atoms with van der Waals surface area (Å²) in [5, 5.41) is 3.43. The molecule has 25 heavy (non-hydrogen) atoms. The molecule has 0 unspecified atom stereocenters. The van der Waals surface area contributed by atoms with Gasteiger partial charge in [0.05, 0.1) is 0 Å². The molecule has 0 aliphatic rings. The summed E-state index contributed by atoms with van der Waals surface area (Å²) in [6.45, 7) is 2.89. The molecule has 128 valence electrons. The molecule has 0 fully saturated rings. The molecule has 2 nitrogen and oxygen atoms in total. The van der Waals surface area contributed by atoms with Gasteiger partial charge in [0.25, 0.3) is 0 Å². The van der Waals surface area contributed by atoms with Gasteiger partial charge in [-0.2, -0.15) is 0 Å². The Morgan fingerprint density at radius 3 is 2.52 bits per heavy atom. The van der Waals surface area contributed by atoms with Crippen LogP contribution in [0.2, 0.25) is 0 Å². The first kappa shape index (κ1) is 17.5. The van der Waals surface area contributed by atoms with E-state index >= 15 is 0 Å². The van der Waals surface area contributed by atoms with Crippen LogP contribution in [0.15, 0.2) is 71.2 Å². The molecule has 0 aliphatic heterocycles. The van der Waals surface area contributed by atoms with Crippen molar-refractivity contribution in [3.05, 3.63) is 93.7 Å². The highest BCUT2D eigenvalue weighted by Crippen LogP contribution is 2.26. The van der Waals surface area contributed by atoms with Crippen molar-refractivity contribution in [2.75, 3.05) is 5.32 Å². The van der Waals surface area contributed by atoms with Crippen molar-refractivity contribution in [3.63, 3.8) is 0 Å². The maximum absolute atomic E-state index is 13.8. The van der Waals surface area contributed by atoms with Crippen LogP contribution in [0.3, 0.4) is 0 Å². The Morgan fingerprint density at radius 1 is 0.960 bits per heavy atom. The number of ether oxygens (including phenoxy) is 1. The Labute approximate surface area is 155 Å². The lowest BCUT2D eigenvalue weighted by molar-refractivity contribution is 0.297. The average Bonchev–Trinajstić information content (AvgIpc) is 2.61. The third-order valence-corrected chi connectivity index (χ3v) is 4.47. The van der Waals surface area contributed by atoms with Crippen LogP contribution in [0.25, 0.3) is 0 Å². The van der Waals surface area contributed by atoms with Crippen LogP contribution in [0.1, 0.15) is 16.7 Å². The molecule has 0 aliphatic carbocycles. The SMILES string of the molecule is Cc1ccccc1NCc1cc(Br)ccc1OCc1ccccc1F. The Hall–Kier alpha value is -2.33. The maximum atomic E-state index is 13.8. The van der Waals surface area contributed by atoms with Gasteiger partial charge in [-0.1, -0.05) is 52.3 Å². The summed E-state index contributed by atoms with van der Waals surface area (Å²) in [4.78, 5) is 0. The molecule has 1 N–H and O–H groups in total. The zero-order chi connectivity index (χ0) is 17.6. The fourth-order valence-corrected chi connectivity index (χ4v) is 2.97. The van der Waals surface area contributed by atoms with Gasteiger partial charge in [-0.15, -0.1) is 0 Å². The number of para-hydroxylation sites is 1. The number of rotatable bonds is 6. The van der Waals surface area contributed by atoms with Crippen LogP contribution < -0.4 is 10.1 Å². The minimum absolute atomic E-state index is 0.200. The molecule has 3 aromatic rings. The fraction of sp³-hybridized carbons (Fsp3) is 0.143. The molecule has 0 bridgehead atoms. The van der Waals surface area contributed by atoms with Gasteiger partial charge < -0.3 is 10.1 Å². The second kappa shape index (κ2) is 8.17. The van der Waals surface area contributed by atoms with E-state index in [0.29, 0.717) is 12.1 Å². The highest BCUT2D eigenvalue weighted by atomic mass is 79.9. The molecule has 0 saturated heterocycles. The number of hydrogen-bond acceptors (Lipinski definition) is 2. The van der Waals surface area contributed by atoms with E-state index in [1.54, 1.807) is 12.1 Å². The Morgan fingerprint density at radius 2 is 1.72 bits per heavy atom. The monoisotopic (exact) mass is 399 g/mol. The fourth-order valence-electron chi connectivity index (χ4n) is 2.56. The van der Waals surface area contributed by atoms with Crippen molar-refractivity contribution in [2.24, 2.45) is 0 Å². The third kappa shape index (κ3) is 4.60. The largest absolute Gasteiger partial charge is 0.488 e. The van der Waals surface area contributed by atoms with E-state index < -0.39 is 0 Å². The summed E-state index contributed by atoms with van der Waals surface area (Å²) < 4.78 is 20.6. The lowest BCUT2D eigenvalue weighted by Gasteiger charge is -2.15. The Bertz CT molecular complexity index is 866. The minimum atomic E-state index is -0.251. The summed E-state index contributed by atoms with van der Waals surface area (Å²) in [7, 11) is 0. The summed E-state index contributed by atoms with van der Waals surface area (Å²) in [5.41, 5.74) is 3.83. The Kier molecular flexibility index (Phi) is 5.71. The van der Waals surface area contributed by atoms with E-state index in [4.69, 9.17) is 4.74 Å². The first-order chi connectivity index (χ1) is 12.1. The molecule has 0 atom stereocenters. The number of anilines is 1. The number of benzene rings is 3. The molecule has 0 saturated carbocycles. The van der Waals surface area contributed by atoms with Crippen molar-refractivity contribution in [3.8, 4) is 5.75 Å². The predicted molar refractivity (Wildman–Crippen MR) is 103 cm³/mol. The van der Waals surface area contributed by atoms with E-state index in [1.165, 1.54) is 11.6 Å². The lowest BCUT2D eigenvalue weighted by atomic mass is 10.1. The molecule has 0 heterocycles. The molecular weight excluding hydrogens is 381 g/mol. The molecule has 0 aromatic heterocycles. The predicted octanol–water partition coefficient (Wildman–Crippen LogP) is 6.09. The zero-order valence-corrected chi connectivity index (χ0v) is 15.5. The molecule has 0 amide bonds. The van der Waals surface area contributed by atoms with Crippen LogP contribution >= 0.6 is 15.9 Å². The maximum Gasteiger partial charge on any atom is 0.129 e.